The van der Waals surface area contributed by atoms with Crippen LogP contribution in [-0.4, -0.2) is 20.1 Å². The van der Waals surface area contributed by atoms with Gasteiger partial charge in [0.05, 0.1) is 0 Å². The molecule has 0 aromatic rings. The summed E-state index contributed by atoms with van der Waals surface area (Å²) in [6.45, 7) is -1.46. The van der Waals surface area contributed by atoms with Crippen LogP contribution in [-0.2, 0) is 18.4 Å². The Kier molecular flexibility index (Phi) is 9.09. The number of primary amides is 1. The van der Waals surface area contributed by atoms with E-state index < -0.39 is 6.95 Å². The molecule has 1 amide bonds. The van der Waals surface area contributed by atoms with Crippen LogP contribution in [0.3, 0.4) is 0 Å². The predicted molar refractivity (Wildman–Crippen MR) is 47.0 cm³/mol. The van der Waals surface area contributed by atoms with E-state index >= 15 is 0 Å². The summed E-state index contributed by atoms with van der Waals surface area (Å²) in [6, 6.07) is 0. The number of hydrogen-bond acceptors (Lipinski definition) is 4. The maximum Gasteiger partial charge on any atom is 0.423 e. The van der Waals surface area contributed by atoms with Gasteiger partial charge in [0.1, 0.15) is 0 Å². The summed E-state index contributed by atoms with van der Waals surface area (Å²) >= 11 is 5.02. The Hall–Kier alpha value is -0.0900. The van der Waals surface area contributed by atoms with Gasteiger partial charge in [0.15, 0.2) is 0 Å². The molecule has 0 bridgehead atoms. The summed E-state index contributed by atoms with van der Waals surface area (Å²) in [5.41, 5.74) is 4.65. The molecule has 0 saturated heterocycles. The second kappa shape index (κ2) is 7.55. The van der Waals surface area contributed by atoms with Crippen molar-refractivity contribution in [1.29, 1.82) is 0 Å². The van der Waals surface area contributed by atoms with Crippen LogP contribution in [0.2, 0.25) is 0 Å². The van der Waals surface area contributed by atoms with Crippen molar-refractivity contribution in [2.24, 2.45) is 5.73 Å². The van der Waals surface area contributed by atoms with Gasteiger partial charge in [0.2, 0.25) is 5.91 Å². The van der Waals surface area contributed by atoms with E-state index in [2.05, 4.69) is 14.8 Å². The Morgan fingerprint density at radius 1 is 1.50 bits per heavy atom. The van der Waals surface area contributed by atoms with Gasteiger partial charge in [-0.1, -0.05) is 6.92 Å². The molecule has 0 aliphatic carbocycles. The fourth-order valence-electron chi connectivity index (χ4n) is 0.0745. The summed E-state index contributed by atoms with van der Waals surface area (Å²) in [5, 5.41) is 0. The van der Waals surface area contributed by atoms with Crippen molar-refractivity contribution < 1.29 is 18.4 Å². The zero-order valence-corrected chi connectivity index (χ0v) is 8.89. The van der Waals surface area contributed by atoms with Crippen molar-refractivity contribution >= 4 is 24.1 Å². The molecule has 2 N–H and O–H groups in total. The second-order valence-corrected chi connectivity index (χ2v) is 4.45. The van der Waals surface area contributed by atoms with Crippen LogP contribution in [0.5, 0.6) is 0 Å². The Labute approximate surface area is 76.5 Å². The zero-order valence-electron chi connectivity index (χ0n) is 7.24. The third-order valence-corrected chi connectivity index (χ3v) is 2.49. The van der Waals surface area contributed by atoms with Gasteiger partial charge >= 0.3 is 6.95 Å². The fraction of sp³-hybridized carbons (Fsp3) is 0.800. The lowest BCUT2D eigenvalue weighted by Gasteiger charge is -2.00. The second-order valence-electron chi connectivity index (χ2n) is 1.62. The molecule has 7 heteroatoms. The van der Waals surface area contributed by atoms with E-state index in [1.165, 1.54) is 14.2 Å². The van der Waals surface area contributed by atoms with Gasteiger partial charge in [-0.05, 0) is 0 Å². The topological polar surface area (TPSA) is 78.6 Å². The number of halogens is 1. The summed E-state index contributed by atoms with van der Waals surface area (Å²) in [7, 11) is 2.44. The smallest absolute Gasteiger partial charge is 0.370 e. The van der Waals surface area contributed by atoms with E-state index in [9.17, 15) is 9.36 Å². The molecule has 0 spiro atoms. The molecule has 0 rings (SSSR count). The number of nitrogens with two attached hydrogens (primary N) is 1. The lowest BCUT2D eigenvalue weighted by Crippen LogP contribution is -2.06. The zero-order chi connectivity index (χ0) is 10.2. The molecule has 12 heavy (non-hydrogen) atoms. The van der Waals surface area contributed by atoms with Crippen LogP contribution in [0.25, 0.3) is 0 Å². The molecule has 0 radical (unpaired) electrons. The van der Waals surface area contributed by atoms with Crippen molar-refractivity contribution in [3.63, 3.8) is 0 Å². The van der Waals surface area contributed by atoms with Gasteiger partial charge in [-0.2, -0.15) is 0 Å². The van der Waals surface area contributed by atoms with Crippen LogP contribution in [0.4, 0.5) is 0 Å². The molecular weight excluding hydrogens is 204 g/mol. The van der Waals surface area contributed by atoms with Crippen molar-refractivity contribution in [1.82, 2.24) is 0 Å². The monoisotopic (exact) mass is 217 g/mol. The third kappa shape index (κ3) is 12.6. The Morgan fingerprint density at radius 3 is 1.75 bits per heavy atom. The SMILES string of the molecule is CCC(N)=O.COP(=O)(Cl)OC. The highest BCUT2D eigenvalue weighted by Gasteiger charge is 2.13. The first-order valence-corrected chi connectivity index (χ1v) is 5.53. The van der Waals surface area contributed by atoms with Crippen molar-refractivity contribution in [3.05, 3.63) is 0 Å². The van der Waals surface area contributed by atoms with Gasteiger partial charge < -0.3 is 14.8 Å². The van der Waals surface area contributed by atoms with E-state index in [0.717, 1.165) is 0 Å². The van der Waals surface area contributed by atoms with Gasteiger partial charge in [0.25, 0.3) is 0 Å². The minimum atomic E-state index is -3.18. The van der Waals surface area contributed by atoms with E-state index in [4.69, 9.17) is 11.2 Å². The molecule has 0 unspecified atom stereocenters. The van der Waals surface area contributed by atoms with Gasteiger partial charge in [-0.3, -0.25) is 4.79 Å². The van der Waals surface area contributed by atoms with Crippen molar-refractivity contribution in [3.8, 4) is 0 Å². The Bertz CT molecular complexity index is 167. The summed E-state index contributed by atoms with van der Waals surface area (Å²) < 4.78 is 18.6. The van der Waals surface area contributed by atoms with Crippen LogP contribution in [0.1, 0.15) is 13.3 Å². The molecule has 0 fully saturated rings. The number of carbonyl (C=O) groups excluding carboxylic acids is 1. The largest absolute Gasteiger partial charge is 0.423 e. The molecule has 5 nitrogen and oxygen atoms in total. The molecule has 0 atom stereocenters. The first-order valence-electron chi connectivity index (χ1n) is 3.09. The molecule has 0 heterocycles. The molecule has 0 aromatic carbocycles. The maximum absolute atomic E-state index is 10.3. The molecule has 0 aliphatic heterocycles. The van der Waals surface area contributed by atoms with E-state index in [-0.39, 0.29) is 5.91 Å². The van der Waals surface area contributed by atoms with Crippen molar-refractivity contribution in [2.45, 2.75) is 13.3 Å². The highest BCUT2D eigenvalue weighted by molar-refractivity contribution is 7.81. The highest BCUT2D eigenvalue weighted by atomic mass is 35.7. The summed E-state index contributed by atoms with van der Waals surface area (Å²) in [6.07, 6.45) is 0.444. The minimum Gasteiger partial charge on any atom is -0.370 e. The molecular formula is C5H13ClNO4P. The summed E-state index contributed by atoms with van der Waals surface area (Å²) in [4.78, 5) is 9.59. The number of rotatable bonds is 3. The lowest BCUT2D eigenvalue weighted by atomic mass is 10.5. The first-order chi connectivity index (χ1) is 5.39. The van der Waals surface area contributed by atoms with E-state index in [0.29, 0.717) is 6.42 Å². The van der Waals surface area contributed by atoms with Crippen LogP contribution >= 0.6 is 18.2 Å². The number of amides is 1. The fourth-order valence-corrected chi connectivity index (χ4v) is 0.224. The summed E-state index contributed by atoms with van der Waals surface area (Å²) in [5.74, 6) is -0.245. The van der Waals surface area contributed by atoms with E-state index in [1.807, 2.05) is 0 Å². The quantitative estimate of drug-likeness (QED) is 0.727. The first kappa shape index (κ1) is 14.4. The molecule has 0 aliphatic rings. The number of carbonyl (C=O) groups is 1. The molecule has 0 saturated carbocycles. The van der Waals surface area contributed by atoms with E-state index in [1.54, 1.807) is 6.92 Å². The predicted octanol–water partition coefficient (Wildman–Crippen LogP) is 1.51. The lowest BCUT2D eigenvalue weighted by molar-refractivity contribution is -0.117. The minimum absolute atomic E-state index is 0.245. The van der Waals surface area contributed by atoms with Gasteiger partial charge in [-0.15, -0.1) is 0 Å². The van der Waals surface area contributed by atoms with Crippen LogP contribution in [0.15, 0.2) is 0 Å². The molecule has 0 aromatic heterocycles. The average molecular weight is 218 g/mol. The average Bonchev–Trinajstić information content (AvgIpc) is 2.05. The van der Waals surface area contributed by atoms with Crippen LogP contribution < -0.4 is 5.73 Å². The Morgan fingerprint density at radius 2 is 1.75 bits per heavy atom. The normalized spacial score (nSPS) is 10.0. The Balaban J connectivity index is 0. The van der Waals surface area contributed by atoms with Gasteiger partial charge in [-0.25, -0.2) is 4.57 Å². The number of hydrogen-bond donors (Lipinski definition) is 1. The van der Waals surface area contributed by atoms with Gasteiger partial charge in [0, 0.05) is 31.9 Å². The van der Waals surface area contributed by atoms with Crippen molar-refractivity contribution in [2.75, 3.05) is 14.2 Å². The third-order valence-electron chi connectivity index (χ3n) is 0.785. The standard InChI is InChI=1S/C3H7NO.C2H6ClO3P/c1-2-3(4)5;1-5-7(3,4)6-2/h2H2,1H3,(H2,4,5);1-2H3. The van der Waals surface area contributed by atoms with Crippen LogP contribution in [0, 0.1) is 0 Å². The maximum atomic E-state index is 10.3. The molecule has 74 valence electrons. The highest BCUT2D eigenvalue weighted by Crippen LogP contribution is 2.51.